The summed E-state index contributed by atoms with van der Waals surface area (Å²) in [7, 11) is 1.28. The number of nitrogens with one attached hydrogen (secondary N) is 1. The van der Waals surface area contributed by atoms with Gasteiger partial charge in [0.2, 0.25) is 0 Å². The third kappa shape index (κ3) is 3.67. The minimum atomic E-state index is -0.501. The third-order valence-corrected chi connectivity index (χ3v) is 4.28. The standard InChI is InChI=1S/C12H9ClN2O3Se/c1-18-11(17)9-6-10(16)15-12(19-9)14-8-4-2-7(13)3-5-8/h2-6H,1H3,(H,14,15,16). The van der Waals surface area contributed by atoms with E-state index < -0.39 is 11.5 Å². The van der Waals surface area contributed by atoms with Crippen molar-refractivity contribution in [2.75, 3.05) is 12.4 Å². The summed E-state index contributed by atoms with van der Waals surface area (Å²) in [6, 6.07) is 8.18. The van der Waals surface area contributed by atoms with Crippen molar-refractivity contribution in [1.82, 2.24) is 4.98 Å². The molecule has 0 saturated carbocycles. The number of benzene rings is 1. The summed E-state index contributed by atoms with van der Waals surface area (Å²) in [6.07, 6.45) is 0. The van der Waals surface area contributed by atoms with Crippen LogP contribution in [0.15, 0.2) is 35.1 Å². The van der Waals surface area contributed by atoms with Crippen molar-refractivity contribution in [3.8, 4) is 0 Å². The predicted octanol–water partition coefficient (Wildman–Crippen LogP) is 1.68. The summed E-state index contributed by atoms with van der Waals surface area (Å²) in [5.41, 5.74) is 0.286. The first-order valence-electron chi connectivity index (χ1n) is 5.21. The average Bonchev–Trinajstić information content (AvgIpc) is 2.40. The van der Waals surface area contributed by atoms with E-state index in [9.17, 15) is 9.59 Å². The Morgan fingerprint density at radius 1 is 1.37 bits per heavy atom. The number of methoxy groups -OCH3 is 1. The molecule has 0 amide bonds. The molecule has 0 unspecified atom stereocenters. The van der Waals surface area contributed by atoms with Crippen LogP contribution in [0.25, 0.3) is 0 Å². The van der Waals surface area contributed by atoms with Gasteiger partial charge in [-0.2, -0.15) is 0 Å². The molecule has 0 bridgehead atoms. The van der Waals surface area contributed by atoms with Crippen molar-refractivity contribution in [2.45, 2.75) is 0 Å². The fraction of sp³-hybridized carbons (Fsp3) is 0.0833. The number of halogens is 1. The zero-order valence-electron chi connectivity index (χ0n) is 9.84. The van der Waals surface area contributed by atoms with Gasteiger partial charge in [0.1, 0.15) is 0 Å². The molecule has 0 aliphatic heterocycles. The fourth-order valence-electron chi connectivity index (χ4n) is 1.31. The first-order chi connectivity index (χ1) is 9.08. The van der Waals surface area contributed by atoms with Gasteiger partial charge in [0.25, 0.3) is 0 Å². The molecule has 19 heavy (non-hydrogen) atoms. The normalized spacial score (nSPS) is 10.0. The van der Waals surface area contributed by atoms with Crippen molar-refractivity contribution in [1.29, 1.82) is 0 Å². The Labute approximate surface area is 119 Å². The van der Waals surface area contributed by atoms with E-state index in [2.05, 4.69) is 15.0 Å². The second kappa shape index (κ2) is 6.01. The molecule has 1 heterocycles. The van der Waals surface area contributed by atoms with E-state index in [1.165, 1.54) is 13.2 Å². The van der Waals surface area contributed by atoms with Gasteiger partial charge in [-0.3, -0.25) is 0 Å². The predicted molar refractivity (Wildman–Crippen MR) is 73.5 cm³/mol. The van der Waals surface area contributed by atoms with Gasteiger partial charge in [-0.1, -0.05) is 0 Å². The second-order valence-electron chi connectivity index (χ2n) is 3.49. The minimum absolute atomic E-state index is 0.339. The number of carbonyl (C=O) groups excluding carboxylic acids is 1. The summed E-state index contributed by atoms with van der Waals surface area (Å²) in [6.45, 7) is 0. The molecule has 1 N–H and O–H groups in total. The van der Waals surface area contributed by atoms with Gasteiger partial charge < -0.3 is 0 Å². The summed E-state index contributed by atoms with van der Waals surface area (Å²) in [5, 5.41) is 3.62. The van der Waals surface area contributed by atoms with E-state index in [1.807, 2.05) is 0 Å². The maximum absolute atomic E-state index is 11.4. The number of anilines is 2. The number of aromatic nitrogens is 1. The van der Waals surface area contributed by atoms with Crippen LogP contribution < -0.4 is 10.9 Å². The topological polar surface area (TPSA) is 68.3 Å². The number of carbonyl (C=O) groups is 1. The van der Waals surface area contributed by atoms with E-state index >= 15 is 0 Å². The van der Waals surface area contributed by atoms with Crippen molar-refractivity contribution in [2.24, 2.45) is 0 Å². The Balaban J connectivity index is 2.30. The van der Waals surface area contributed by atoms with Crippen molar-refractivity contribution >= 4 is 42.5 Å². The molecular weight excluding hydrogens is 335 g/mol. The van der Waals surface area contributed by atoms with Crippen LogP contribution in [-0.2, 0) is 4.74 Å². The van der Waals surface area contributed by atoms with E-state index in [0.717, 1.165) is 5.69 Å². The number of esters is 1. The zero-order valence-corrected chi connectivity index (χ0v) is 12.3. The molecule has 7 heteroatoms. The van der Waals surface area contributed by atoms with Gasteiger partial charge in [-0.05, 0) is 0 Å². The average molecular weight is 344 g/mol. The first-order valence-corrected chi connectivity index (χ1v) is 7.30. The van der Waals surface area contributed by atoms with Gasteiger partial charge >= 0.3 is 120 Å². The maximum atomic E-state index is 11.4. The SMILES string of the molecule is COC(=O)c1cc(=O)nc(Nc2ccc(Cl)cc2)[se]1. The van der Waals surface area contributed by atoms with Gasteiger partial charge in [0, 0.05) is 0 Å². The Bertz CT molecular complexity index is 655. The van der Waals surface area contributed by atoms with Crippen LogP contribution in [0.5, 0.6) is 0 Å². The van der Waals surface area contributed by atoms with Crippen LogP contribution in [0.1, 0.15) is 9.23 Å². The Morgan fingerprint density at radius 2 is 2.05 bits per heavy atom. The molecule has 0 aliphatic carbocycles. The quantitative estimate of drug-likeness (QED) is 0.678. The molecule has 0 fully saturated rings. The monoisotopic (exact) mass is 344 g/mol. The second-order valence-corrected chi connectivity index (χ2v) is 6.09. The molecule has 0 spiro atoms. The van der Waals surface area contributed by atoms with Crippen molar-refractivity contribution < 1.29 is 9.53 Å². The number of hydrogen-bond acceptors (Lipinski definition) is 5. The van der Waals surface area contributed by atoms with Gasteiger partial charge in [-0.25, -0.2) is 0 Å². The molecule has 0 aliphatic rings. The summed E-state index contributed by atoms with van der Waals surface area (Å²) in [5.74, 6) is -0.501. The van der Waals surface area contributed by atoms with Crippen LogP contribution in [0.3, 0.4) is 0 Å². The molecule has 0 radical (unpaired) electrons. The summed E-state index contributed by atoms with van der Waals surface area (Å²) < 4.78 is 5.41. The van der Waals surface area contributed by atoms with E-state index in [-0.39, 0.29) is 14.5 Å². The molecule has 2 aromatic rings. The van der Waals surface area contributed by atoms with Crippen LogP contribution in [0.2, 0.25) is 5.02 Å². The van der Waals surface area contributed by atoms with Gasteiger partial charge in [-0.15, -0.1) is 0 Å². The van der Waals surface area contributed by atoms with Crippen LogP contribution in [-0.4, -0.2) is 32.6 Å². The van der Waals surface area contributed by atoms with E-state index in [1.54, 1.807) is 24.3 Å². The summed E-state index contributed by atoms with van der Waals surface area (Å²) in [4.78, 5) is 26.7. The van der Waals surface area contributed by atoms with Crippen molar-refractivity contribution in [3.63, 3.8) is 0 Å². The van der Waals surface area contributed by atoms with Crippen LogP contribution in [0.4, 0.5) is 10.4 Å². The van der Waals surface area contributed by atoms with Crippen LogP contribution >= 0.6 is 11.6 Å². The zero-order chi connectivity index (χ0) is 13.8. The molecule has 2 rings (SSSR count). The fourth-order valence-corrected chi connectivity index (χ4v) is 3.20. The molecule has 98 valence electrons. The molecule has 0 saturated heterocycles. The van der Waals surface area contributed by atoms with Crippen molar-refractivity contribution in [3.05, 3.63) is 50.1 Å². The number of ether oxygens (including phenoxy) is 1. The molecular formula is C12H9ClN2O3Se. The molecule has 0 atom stereocenters. The number of nitrogens with zero attached hydrogens (tertiary/aromatic N) is 1. The Morgan fingerprint density at radius 3 is 2.68 bits per heavy atom. The van der Waals surface area contributed by atoms with E-state index in [0.29, 0.717) is 14.2 Å². The Hall–Kier alpha value is -1.62. The third-order valence-electron chi connectivity index (χ3n) is 2.16. The molecule has 5 nitrogen and oxygen atoms in total. The number of rotatable bonds is 3. The molecule has 1 aromatic heterocycles. The Kier molecular flexibility index (Phi) is 4.37. The van der Waals surface area contributed by atoms with Gasteiger partial charge in [0.05, 0.1) is 0 Å². The molecule has 1 aromatic carbocycles. The van der Waals surface area contributed by atoms with E-state index in [4.69, 9.17) is 11.6 Å². The first kappa shape index (κ1) is 13.8. The summed E-state index contributed by atoms with van der Waals surface area (Å²) >= 11 is 5.39. The van der Waals surface area contributed by atoms with Crippen LogP contribution in [0, 0.1) is 0 Å². The van der Waals surface area contributed by atoms with Gasteiger partial charge in [0.15, 0.2) is 0 Å². The number of hydrogen-bond donors (Lipinski definition) is 1.